The Kier molecular flexibility index (Phi) is 2.42. The Balaban J connectivity index is 1.98. The van der Waals surface area contributed by atoms with Crippen LogP contribution in [0.25, 0.3) is 0 Å². The van der Waals surface area contributed by atoms with Gasteiger partial charge in [-0.15, -0.1) is 0 Å². The molecule has 3 nitrogen and oxygen atoms in total. The van der Waals surface area contributed by atoms with Crippen LogP contribution in [-0.2, 0) is 13.1 Å². The Labute approximate surface area is 106 Å². The quantitative estimate of drug-likeness (QED) is 0.773. The Hall–Kier alpha value is -2.47. The first-order chi connectivity index (χ1) is 8.78. The first kappa shape index (κ1) is 10.7. The minimum Gasteiger partial charge on any atom is -0.399 e. The van der Waals surface area contributed by atoms with Crippen molar-refractivity contribution in [3.05, 3.63) is 59.2 Å². The van der Waals surface area contributed by atoms with Gasteiger partial charge in [-0.05, 0) is 29.3 Å². The van der Waals surface area contributed by atoms with E-state index in [4.69, 9.17) is 5.73 Å². The molecule has 0 amide bonds. The summed E-state index contributed by atoms with van der Waals surface area (Å²) in [5.41, 5.74) is 10.6. The van der Waals surface area contributed by atoms with E-state index in [0.29, 0.717) is 11.3 Å². The van der Waals surface area contributed by atoms with E-state index in [9.17, 15) is 5.26 Å². The molecule has 88 valence electrons. The van der Waals surface area contributed by atoms with Crippen LogP contribution >= 0.6 is 0 Å². The highest BCUT2D eigenvalue weighted by Gasteiger charge is 2.20. The van der Waals surface area contributed by atoms with Crippen LogP contribution in [0.4, 0.5) is 11.4 Å². The molecule has 2 aromatic rings. The van der Waals surface area contributed by atoms with Crippen LogP contribution in [-0.4, -0.2) is 0 Å². The topological polar surface area (TPSA) is 53.1 Å². The molecule has 0 atom stereocenters. The number of hydrogen-bond acceptors (Lipinski definition) is 3. The Morgan fingerprint density at radius 2 is 1.72 bits per heavy atom. The predicted molar refractivity (Wildman–Crippen MR) is 71.9 cm³/mol. The van der Waals surface area contributed by atoms with E-state index in [1.165, 1.54) is 11.1 Å². The molecule has 1 aliphatic rings. The van der Waals surface area contributed by atoms with Crippen molar-refractivity contribution in [1.82, 2.24) is 0 Å². The van der Waals surface area contributed by atoms with E-state index in [1.54, 1.807) is 6.07 Å². The summed E-state index contributed by atoms with van der Waals surface area (Å²) in [4.78, 5) is 2.21. The molecule has 3 rings (SSSR count). The zero-order chi connectivity index (χ0) is 12.5. The first-order valence-corrected chi connectivity index (χ1v) is 5.89. The second-order valence-corrected chi connectivity index (χ2v) is 4.51. The third kappa shape index (κ3) is 1.68. The van der Waals surface area contributed by atoms with Crippen LogP contribution in [0.1, 0.15) is 16.7 Å². The largest absolute Gasteiger partial charge is 0.399 e. The van der Waals surface area contributed by atoms with E-state index in [-0.39, 0.29) is 0 Å². The van der Waals surface area contributed by atoms with Crippen molar-refractivity contribution in [3.63, 3.8) is 0 Å². The minimum atomic E-state index is 0.631. The van der Waals surface area contributed by atoms with E-state index in [0.717, 1.165) is 18.8 Å². The van der Waals surface area contributed by atoms with Crippen molar-refractivity contribution >= 4 is 11.4 Å². The number of hydrogen-bond donors (Lipinski definition) is 1. The second-order valence-electron chi connectivity index (χ2n) is 4.51. The van der Waals surface area contributed by atoms with Crippen LogP contribution in [0.15, 0.2) is 42.5 Å². The third-order valence-corrected chi connectivity index (χ3v) is 3.32. The number of rotatable bonds is 1. The van der Waals surface area contributed by atoms with Crippen molar-refractivity contribution in [2.75, 3.05) is 10.6 Å². The summed E-state index contributed by atoms with van der Waals surface area (Å²) in [7, 11) is 0. The van der Waals surface area contributed by atoms with Crippen LogP contribution in [0.3, 0.4) is 0 Å². The zero-order valence-electron chi connectivity index (χ0n) is 9.93. The molecule has 0 spiro atoms. The molecule has 1 aliphatic heterocycles. The van der Waals surface area contributed by atoms with Gasteiger partial charge in [-0.3, -0.25) is 0 Å². The van der Waals surface area contributed by atoms with Gasteiger partial charge in [0.25, 0.3) is 0 Å². The molecular weight excluding hydrogens is 222 g/mol. The van der Waals surface area contributed by atoms with Gasteiger partial charge in [0.1, 0.15) is 6.07 Å². The fourth-order valence-electron chi connectivity index (χ4n) is 2.42. The van der Waals surface area contributed by atoms with Gasteiger partial charge >= 0.3 is 0 Å². The average molecular weight is 235 g/mol. The summed E-state index contributed by atoms with van der Waals surface area (Å²) in [6, 6.07) is 16.1. The summed E-state index contributed by atoms with van der Waals surface area (Å²) in [6.45, 7) is 1.71. The highest BCUT2D eigenvalue weighted by molar-refractivity contribution is 5.65. The molecule has 0 radical (unpaired) electrons. The Bertz CT molecular complexity index is 615. The summed E-state index contributed by atoms with van der Waals surface area (Å²) in [5, 5.41) is 9.19. The number of nitrogen functional groups attached to an aromatic ring is 1. The molecule has 1 heterocycles. The molecule has 0 bridgehead atoms. The van der Waals surface area contributed by atoms with Crippen LogP contribution in [0, 0.1) is 11.3 Å². The third-order valence-electron chi connectivity index (χ3n) is 3.32. The van der Waals surface area contributed by atoms with Crippen molar-refractivity contribution in [3.8, 4) is 6.07 Å². The van der Waals surface area contributed by atoms with E-state index < -0.39 is 0 Å². The van der Waals surface area contributed by atoms with Gasteiger partial charge in [0.15, 0.2) is 0 Å². The van der Waals surface area contributed by atoms with E-state index >= 15 is 0 Å². The van der Waals surface area contributed by atoms with Gasteiger partial charge in [-0.1, -0.05) is 24.3 Å². The lowest BCUT2D eigenvalue weighted by atomic mass is 10.1. The molecule has 0 fully saturated rings. The molecule has 18 heavy (non-hydrogen) atoms. The zero-order valence-corrected chi connectivity index (χ0v) is 9.93. The predicted octanol–water partition coefficient (Wildman–Crippen LogP) is 2.66. The molecule has 0 aromatic heterocycles. The van der Waals surface area contributed by atoms with Gasteiger partial charge in [0.2, 0.25) is 0 Å². The molecular formula is C15H13N3. The van der Waals surface area contributed by atoms with Crippen LogP contribution in [0.2, 0.25) is 0 Å². The number of nitrogens with zero attached hydrogens (tertiary/aromatic N) is 2. The van der Waals surface area contributed by atoms with Gasteiger partial charge in [-0.25, -0.2) is 0 Å². The molecule has 0 saturated heterocycles. The fraction of sp³-hybridized carbons (Fsp3) is 0.133. The maximum atomic E-state index is 9.19. The molecule has 0 saturated carbocycles. The standard InChI is InChI=1S/C15H13N3/c16-8-13-7-14(17)5-6-15(13)18-9-11-3-1-2-4-12(11)10-18/h1-7H,9-10,17H2. The Morgan fingerprint density at radius 3 is 2.33 bits per heavy atom. The van der Waals surface area contributed by atoms with Gasteiger partial charge < -0.3 is 10.6 Å². The average Bonchev–Trinajstić information content (AvgIpc) is 2.82. The molecule has 0 unspecified atom stereocenters. The number of anilines is 2. The first-order valence-electron chi connectivity index (χ1n) is 5.89. The SMILES string of the molecule is N#Cc1cc(N)ccc1N1Cc2ccccc2C1. The van der Waals surface area contributed by atoms with Crippen molar-refractivity contribution in [2.45, 2.75) is 13.1 Å². The fourth-order valence-corrected chi connectivity index (χ4v) is 2.42. The lowest BCUT2D eigenvalue weighted by Crippen LogP contribution is -2.15. The van der Waals surface area contributed by atoms with Gasteiger partial charge in [0.05, 0.1) is 11.3 Å². The normalized spacial score (nSPS) is 13.2. The lowest BCUT2D eigenvalue weighted by molar-refractivity contribution is 0.878. The van der Waals surface area contributed by atoms with Crippen molar-refractivity contribution in [1.29, 1.82) is 5.26 Å². The van der Waals surface area contributed by atoms with Crippen molar-refractivity contribution < 1.29 is 0 Å². The summed E-state index contributed by atoms with van der Waals surface area (Å²) >= 11 is 0. The Morgan fingerprint density at radius 1 is 1.06 bits per heavy atom. The van der Waals surface area contributed by atoms with Crippen molar-refractivity contribution in [2.24, 2.45) is 0 Å². The lowest BCUT2D eigenvalue weighted by Gasteiger charge is -2.19. The highest BCUT2D eigenvalue weighted by Crippen LogP contribution is 2.31. The summed E-state index contributed by atoms with van der Waals surface area (Å²) in [6.07, 6.45) is 0. The maximum absolute atomic E-state index is 9.19. The van der Waals surface area contributed by atoms with Gasteiger partial charge in [0, 0.05) is 18.8 Å². The molecule has 2 N–H and O–H groups in total. The smallest absolute Gasteiger partial charge is 0.101 e. The minimum absolute atomic E-state index is 0.631. The number of fused-ring (bicyclic) bond motifs is 1. The second kappa shape index (κ2) is 4.08. The van der Waals surface area contributed by atoms with Crippen LogP contribution < -0.4 is 10.6 Å². The monoisotopic (exact) mass is 235 g/mol. The molecule has 2 aromatic carbocycles. The number of benzene rings is 2. The number of nitrogens with two attached hydrogens (primary N) is 1. The van der Waals surface area contributed by atoms with Gasteiger partial charge in [-0.2, -0.15) is 5.26 Å². The number of nitriles is 1. The summed E-state index contributed by atoms with van der Waals surface area (Å²) in [5.74, 6) is 0. The molecule has 0 aliphatic carbocycles. The highest BCUT2D eigenvalue weighted by atomic mass is 15.1. The summed E-state index contributed by atoms with van der Waals surface area (Å²) < 4.78 is 0. The van der Waals surface area contributed by atoms with E-state index in [1.807, 2.05) is 12.1 Å². The van der Waals surface area contributed by atoms with E-state index in [2.05, 4.69) is 35.2 Å². The maximum Gasteiger partial charge on any atom is 0.101 e. The van der Waals surface area contributed by atoms with Crippen LogP contribution in [0.5, 0.6) is 0 Å². The molecule has 3 heteroatoms.